The van der Waals surface area contributed by atoms with Crippen LogP contribution in [0, 0.1) is 5.92 Å². The summed E-state index contributed by atoms with van der Waals surface area (Å²) in [5.74, 6) is -0.822. The van der Waals surface area contributed by atoms with Gasteiger partial charge in [0.2, 0.25) is 0 Å². The Morgan fingerprint density at radius 2 is 2.38 bits per heavy atom. The summed E-state index contributed by atoms with van der Waals surface area (Å²) in [5.41, 5.74) is 0. The topological polar surface area (TPSA) is 37.3 Å². The van der Waals surface area contributed by atoms with Gasteiger partial charge in [-0.3, -0.25) is 4.79 Å². The van der Waals surface area contributed by atoms with Crippen LogP contribution in [-0.2, 0) is 4.79 Å². The van der Waals surface area contributed by atoms with E-state index in [1.165, 1.54) is 0 Å². The molecule has 1 N–H and O–H groups in total. The number of carbonyl (C=O) groups is 1. The first-order chi connectivity index (χ1) is 3.72. The maximum Gasteiger partial charge on any atom is 0.307 e. The van der Waals surface area contributed by atoms with E-state index in [-0.39, 0.29) is 5.92 Å². The molecule has 8 heavy (non-hydrogen) atoms. The molecule has 0 heterocycles. The summed E-state index contributed by atoms with van der Waals surface area (Å²) in [7, 11) is 0. The van der Waals surface area contributed by atoms with Crippen LogP contribution in [0.4, 0.5) is 0 Å². The van der Waals surface area contributed by atoms with Crippen LogP contribution in [0.15, 0.2) is 0 Å². The number of hydrogen-bond donors (Lipinski definition) is 1. The highest BCUT2D eigenvalue weighted by molar-refractivity contribution is 14.1. The molecule has 0 aliphatic carbocycles. The molecule has 0 aliphatic rings. The largest absolute Gasteiger partial charge is 0.481 e. The number of rotatable bonds is 3. The highest BCUT2D eigenvalue weighted by Gasteiger charge is 2.11. The quantitative estimate of drug-likeness (QED) is 0.587. The first-order valence-electron chi connectivity index (χ1n) is 2.51. The Bertz CT molecular complexity index is 78.5. The van der Waals surface area contributed by atoms with Gasteiger partial charge in [-0.25, -0.2) is 0 Å². The summed E-state index contributed by atoms with van der Waals surface area (Å²) >= 11 is 2.08. The molecule has 0 aromatic carbocycles. The fourth-order valence-corrected chi connectivity index (χ4v) is 1.35. The molecule has 0 aliphatic heterocycles. The molecule has 2 nitrogen and oxygen atoms in total. The second-order valence-electron chi connectivity index (χ2n) is 1.60. The molecule has 0 saturated heterocycles. The second-order valence-corrected chi connectivity index (χ2v) is 2.48. The highest BCUT2D eigenvalue weighted by atomic mass is 127. The lowest BCUT2D eigenvalue weighted by Crippen LogP contribution is -2.13. The molecule has 48 valence electrons. The number of carboxylic acid groups (broad SMARTS) is 1. The summed E-state index contributed by atoms with van der Waals surface area (Å²) in [6.45, 7) is 1.89. The molecular weight excluding hydrogens is 219 g/mol. The molecule has 0 spiro atoms. The lowest BCUT2D eigenvalue weighted by molar-refractivity contribution is -0.140. The fraction of sp³-hybridized carbons (Fsp3) is 0.800. The third-order valence-corrected chi connectivity index (χ3v) is 2.09. The van der Waals surface area contributed by atoms with Crippen LogP contribution in [0.25, 0.3) is 0 Å². The van der Waals surface area contributed by atoms with E-state index in [1.807, 2.05) is 6.92 Å². The van der Waals surface area contributed by atoms with Crippen LogP contribution >= 0.6 is 22.6 Å². The van der Waals surface area contributed by atoms with Crippen molar-refractivity contribution in [3.8, 4) is 0 Å². The molecule has 0 amide bonds. The molecule has 1 atom stereocenters. The molecule has 0 radical (unpaired) electrons. The van der Waals surface area contributed by atoms with Gasteiger partial charge in [0.25, 0.3) is 0 Å². The second kappa shape index (κ2) is 4.12. The van der Waals surface area contributed by atoms with Crippen molar-refractivity contribution in [3.05, 3.63) is 0 Å². The highest BCUT2D eigenvalue weighted by Crippen LogP contribution is 2.05. The molecule has 1 unspecified atom stereocenters. The lowest BCUT2D eigenvalue weighted by Gasteiger charge is -2.01. The predicted molar refractivity (Wildman–Crippen MR) is 40.3 cm³/mol. The van der Waals surface area contributed by atoms with Crippen molar-refractivity contribution in [2.24, 2.45) is 5.92 Å². The summed E-state index contributed by atoms with van der Waals surface area (Å²) < 4.78 is 0.712. The Morgan fingerprint density at radius 1 is 1.88 bits per heavy atom. The van der Waals surface area contributed by atoms with Gasteiger partial charge in [-0.15, -0.1) is 0 Å². The molecular formula is C5H9IO2. The van der Waals surface area contributed by atoms with Crippen molar-refractivity contribution in [2.75, 3.05) is 4.43 Å². The Labute approximate surface area is 62.4 Å². The Balaban J connectivity index is 3.52. The van der Waals surface area contributed by atoms with Crippen molar-refractivity contribution >= 4 is 28.6 Å². The van der Waals surface area contributed by atoms with Gasteiger partial charge in [0, 0.05) is 4.43 Å². The molecule has 0 rings (SSSR count). The summed E-state index contributed by atoms with van der Waals surface area (Å²) in [4.78, 5) is 10.2. The summed E-state index contributed by atoms with van der Waals surface area (Å²) in [6, 6.07) is 0. The Morgan fingerprint density at radius 3 is 2.38 bits per heavy atom. The zero-order valence-electron chi connectivity index (χ0n) is 4.72. The minimum absolute atomic E-state index is 0.143. The number of carboxylic acids is 1. The van der Waals surface area contributed by atoms with Crippen LogP contribution in [0.2, 0.25) is 0 Å². The van der Waals surface area contributed by atoms with Crippen LogP contribution in [0.3, 0.4) is 0 Å². The summed E-state index contributed by atoms with van der Waals surface area (Å²) in [6.07, 6.45) is 0.734. The first kappa shape index (κ1) is 8.20. The third-order valence-electron chi connectivity index (χ3n) is 1.03. The van der Waals surface area contributed by atoms with E-state index >= 15 is 0 Å². The Hall–Kier alpha value is 0.200. The van der Waals surface area contributed by atoms with Crippen molar-refractivity contribution in [2.45, 2.75) is 13.3 Å². The van der Waals surface area contributed by atoms with Crippen molar-refractivity contribution in [1.29, 1.82) is 0 Å². The van der Waals surface area contributed by atoms with E-state index in [9.17, 15) is 4.79 Å². The van der Waals surface area contributed by atoms with Gasteiger partial charge < -0.3 is 5.11 Å². The van der Waals surface area contributed by atoms with Crippen LogP contribution in [0.1, 0.15) is 13.3 Å². The van der Waals surface area contributed by atoms with Crippen LogP contribution < -0.4 is 0 Å². The van der Waals surface area contributed by atoms with Crippen molar-refractivity contribution in [1.82, 2.24) is 0 Å². The zero-order valence-corrected chi connectivity index (χ0v) is 6.88. The third kappa shape index (κ3) is 2.49. The average molecular weight is 228 g/mol. The van der Waals surface area contributed by atoms with E-state index in [2.05, 4.69) is 22.6 Å². The number of alkyl halides is 1. The van der Waals surface area contributed by atoms with Gasteiger partial charge in [0.15, 0.2) is 0 Å². The van der Waals surface area contributed by atoms with Gasteiger partial charge in [-0.05, 0) is 6.42 Å². The molecule has 3 heteroatoms. The smallest absolute Gasteiger partial charge is 0.307 e. The van der Waals surface area contributed by atoms with E-state index in [0.29, 0.717) is 4.43 Å². The number of halogens is 1. The number of hydrogen-bond acceptors (Lipinski definition) is 1. The maximum atomic E-state index is 10.2. The van der Waals surface area contributed by atoms with Crippen molar-refractivity contribution in [3.63, 3.8) is 0 Å². The normalized spacial score (nSPS) is 13.2. The van der Waals surface area contributed by atoms with Crippen LogP contribution in [-0.4, -0.2) is 15.5 Å². The number of aliphatic carboxylic acids is 1. The predicted octanol–water partition coefficient (Wildman–Crippen LogP) is 1.53. The van der Waals surface area contributed by atoms with Gasteiger partial charge in [0.1, 0.15) is 0 Å². The molecule has 0 aromatic rings. The first-order valence-corrected chi connectivity index (χ1v) is 4.03. The summed E-state index contributed by atoms with van der Waals surface area (Å²) in [5, 5.41) is 8.37. The monoisotopic (exact) mass is 228 g/mol. The van der Waals surface area contributed by atoms with Gasteiger partial charge in [-0.2, -0.15) is 0 Å². The lowest BCUT2D eigenvalue weighted by atomic mass is 10.1. The Kier molecular flexibility index (Phi) is 4.22. The maximum absolute atomic E-state index is 10.2. The van der Waals surface area contributed by atoms with E-state index in [1.54, 1.807) is 0 Å². The van der Waals surface area contributed by atoms with Gasteiger partial charge in [-0.1, -0.05) is 29.5 Å². The van der Waals surface area contributed by atoms with E-state index in [0.717, 1.165) is 6.42 Å². The van der Waals surface area contributed by atoms with Gasteiger partial charge in [0.05, 0.1) is 5.92 Å². The average Bonchev–Trinajstić information content (AvgIpc) is 1.69. The van der Waals surface area contributed by atoms with Gasteiger partial charge >= 0.3 is 5.97 Å². The molecule has 0 fully saturated rings. The molecule has 0 saturated carbocycles. The molecule has 0 bridgehead atoms. The minimum atomic E-state index is -0.679. The fourth-order valence-electron chi connectivity index (χ4n) is 0.350. The van der Waals surface area contributed by atoms with Crippen LogP contribution in [0.5, 0.6) is 0 Å². The SMILES string of the molecule is CCC(CI)C(=O)O. The minimum Gasteiger partial charge on any atom is -0.481 e. The standard InChI is InChI=1S/C5H9IO2/c1-2-4(3-6)5(7)8/h4H,2-3H2,1H3,(H,7,8). The van der Waals surface area contributed by atoms with Crippen molar-refractivity contribution < 1.29 is 9.90 Å². The van der Waals surface area contributed by atoms with E-state index < -0.39 is 5.97 Å². The zero-order chi connectivity index (χ0) is 6.57. The van der Waals surface area contributed by atoms with E-state index in [4.69, 9.17) is 5.11 Å². The molecule has 0 aromatic heterocycles.